The van der Waals surface area contributed by atoms with Gasteiger partial charge in [0.2, 0.25) is 0 Å². The summed E-state index contributed by atoms with van der Waals surface area (Å²) in [6, 6.07) is 2.42. The van der Waals surface area contributed by atoms with Crippen molar-refractivity contribution in [2.24, 2.45) is 5.41 Å². The lowest BCUT2D eigenvalue weighted by molar-refractivity contribution is 0.167. The number of hydrogen-bond donors (Lipinski definition) is 0. The van der Waals surface area contributed by atoms with Gasteiger partial charge in [0.25, 0.3) is 0 Å². The van der Waals surface area contributed by atoms with Gasteiger partial charge >= 0.3 is 0 Å². The van der Waals surface area contributed by atoms with Gasteiger partial charge in [-0.1, -0.05) is 19.1 Å². The van der Waals surface area contributed by atoms with E-state index in [-0.39, 0.29) is 5.41 Å². The van der Waals surface area contributed by atoms with E-state index in [9.17, 15) is 0 Å². The maximum atomic E-state index is 8.98. The Labute approximate surface area is 87.2 Å². The number of likely N-dealkylation sites (tertiary alicyclic amines) is 1. The van der Waals surface area contributed by atoms with Gasteiger partial charge < -0.3 is 0 Å². The number of nitrogens with zero attached hydrogens (tertiary/aromatic N) is 2. The molecule has 0 bridgehead atoms. The molecule has 0 spiro atoms. The van der Waals surface area contributed by atoms with Gasteiger partial charge in [0.1, 0.15) is 0 Å². The average molecular weight is 192 g/mol. The minimum Gasteiger partial charge on any atom is -0.299 e. The smallest absolute Gasteiger partial charge is 0.0687 e. The van der Waals surface area contributed by atoms with Crippen LogP contribution < -0.4 is 0 Å². The minimum atomic E-state index is -0.0793. The summed E-state index contributed by atoms with van der Waals surface area (Å²) in [5, 5.41) is 8.98. The minimum absolute atomic E-state index is 0.0793. The van der Waals surface area contributed by atoms with E-state index >= 15 is 0 Å². The van der Waals surface area contributed by atoms with E-state index in [0.717, 1.165) is 38.9 Å². The lowest BCUT2D eigenvalue weighted by Crippen LogP contribution is -2.38. The Kier molecular flexibility index (Phi) is 3.71. The van der Waals surface area contributed by atoms with Crippen molar-refractivity contribution in [3.63, 3.8) is 0 Å². The fourth-order valence-electron chi connectivity index (χ4n) is 1.74. The highest BCUT2D eigenvalue weighted by atomic mass is 15.1. The van der Waals surface area contributed by atoms with Gasteiger partial charge in [-0.2, -0.15) is 5.26 Å². The van der Waals surface area contributed by atoms with Gasteiger partial charge in [0.15, 0.2) is 0 Å². The van der Waals surface area contributed by atoms with Crippen molar-refractivity contribution < 1.29 is 0 Å². The molecule has 1 fully saturated rings. The summed E-state index contributed by atoms with van der Waals surface area (Å²) in [4.78, 5) is 2.41. The lowest BCUT2D eigenvalue weighted by atomic mass is 9.82. The van der Waals surface area contributed by atoms with E-state index in [1.165, 1.54) is 5.57 Å². The summed E-state index contributed by atoms with van der Waals surface area (Å²) in [6.45, 7) is 11.3. The first-order valence-electron chi connectivity index (χ1n) is 5.40. The van der Waals surface area contributed by atoms with E-state index in [4.69, 9.17) is 5.26 Å². The summed E-state index contributed by atoms with van der Waals surface area (Å²) >= 11 is 0. The maximum absolute atomic E-state index is 8.98. The van der Waals surface area contributed by atoms with Gasteiger partial charge in [0, 0.05) is 6.54 Å². The van der Waals surface area contributed by atoms with Crippen LogP contribution in [0.2, 0.25) is 0 Å². The zero-order valence-corrected chi connectivity index (χ0v) is 9.34. The Balaban J connectivity index is 2.37. The third kappa shape index (κ3) is 2.85. The van der Waals surface area contributed by atoms with Crippen LogP contribution in [0.1, 0.15) is 33.1 Å². The fourth-order valence-corrected chi connectivity index (χ4v) is 1.74. The molecule has 1 aliphatic rings. The summed E-state index contributed by atoms with van der Waals surface area (Å²) in [5.41, 5.74) is 1.22. The molecule has 0 atom stereocenters. The molecule has 2 nitrogen and oxygen atoms in total. The molecule has 0 N–H and O–H groups in total. The van der Waals surface area contributed by atoms with Crippen LogP contribution >= 0.6 is 0 Å². The van der Waals surface area contributed by atoms with Crippen molar-refractivity contribution in [3.05, 3.63) is 12.2 Å². The average Bonchev–Trinajstić information content (AvgIpc) is 2.21. The van der Waals surface area contributed by atoms with E-state index in [2.05, 4.69) is 31.4 Å². The van der Waals surface area contributed by atoms with Crippen LogP contribution in [0.15, 0.2) is 12.2 Å². The Morgan fingerprint density at radius 2 is 2.07 bits per heavy atom. The number of piperidine rings is 1. The first-order valence-corrected chi connectivity index (χ1v) is 5.40. The Bertz CT molecular complexity index is 242. The molecule has 0 unspecified atom stereocenters. The second kappa shape index (κ2) is 4.61. The molecule has 14 heavy (non-hydrogen) atoms. The molecule has 0 aliphatic carbocycles. The standard InChI is InChI=1S/C12H20N2/c1-4-11(2)9-14-7-5-12(3,10-13)6-8-14/h2,4-9H2,1,3H3. The normalized spacial score (nSPS) is 21.5. The van der Waals surface area contributed by atoms with Crippen LogP contribution in [0, 0.1) is 16.7 Å². The van der Waals surface area contributed by atoms with Crippen molar-refractivity contribution in [1.82, 2.24) is 4.90 Å². The number of hydrogen-bond acceptors (Lipinski definition) is 2. The fraction of sp³-hybridized carbons (Fsp3) is 0.750. The highest BCUT2D eigenvalue weighted by Crippen LogP contribution is 2.29. The molecule has 0 amide bonds. The van der Waals surface area contributed by atoms with Crippen LogP contribution in [0.3, 0.4) is 0 Å². The largest absolute Gasteiger partial charge is 0.299 e. The summed E-state index contributed by atoms with van der Waals surface area (Å²) < 4.78 is 0. The topological polar surface area (TPSA) is 27.0 Å². The monoisotopic (exact) mass is 192 g/mol. The third-order valence-electron chi connectivity index (χ3n) is 3.18. The molecule has 2 heteroatoms. The molecule has 0 aromatic carbocycles. The highest BCUT2D eigenvalue weighted by Gasteiger charge is 2.29. The molecule has 0 aromatic rings. The molecule has 1 rings (SSSR count). The van der Waals surface area contributed by atoms with Crippen LogP contribution in [0.4, 0.5) is 0 Å². The lowest BCUT2D eigenvalue weighted by Gasteiger charge is -2.35. The number of nitriles is 1. The Morgan fingerprint density at radius 1 is 1.50 bits per heavy atom. The second-order valence-corrected chi connectivity index (χ2v) is 4.55. The first-order chi connectivity index (χ1) is 6.59. The highest BCUT2D eigenvalue weighted by molar-refractivity contribution is 5.02. The van der Waals surface area contributed by atoms with E-state index in [1.807, 2.05) is 0 Å². The van der Waals surface area contributed by atoms with Crippen molar-refractivity contribution in [3.8, 4) is 6.07 Å². The molecular formula is C12H20N2. The van der Waals surface area contributed by atoms with Crippen LogP contribution in [-0.2, 0) is 0 Å². The van der Waals surface area contributed by atoms with E-state index < -0.39 is 0 Å². The third-order valence-corrected chi connectivity index (χ3v) is 3.18. The zero-order valence-electron chi connectivity index (χ0n) is 9.34. The van der Waals surface area contributed by atoms with E-state index in [1.54, 1.807) is 0 Å². The Hall–Kier alpha value is -0.810. The molecule has 1 heterocycles. The summed E-state index contributed by atoms with van der Waals surface area (Å²) in [7, 11) is 0. The molecule has 0 aromatic heterocycles. The van der Waals surface area contributed by atoms with Crippen LogP contribution in [0.25, 0.3) is 0 Å². The Morgan fingerprint density at radius 3 is 2.50 bits per heavy atom. The van der Waals surface area contributed by atoms with Gasteiger partial charge in [-0.05, 0) is 39.3 Å². The van der Waals surface area contributed by atoms with Crippen LogP contribution in [0.5, 0.6) is 0 Å². The van der Waals surface area contributed by atoms with Crippen molar-refractivity contribution in [2.45, 2.75) is 33.1 Å². The first kappa shape index (κ1) is 11.3. The quantitative estimate of drug-likeness (QED) is 0.643. The predicted octanol–water partition coefficient (Wildman–Crippen LogP) is 2.58. The van der Waals surface area contributed by atoms with Gasteiger partial charge in [-0.25, -0.2) is 0 Å². The van der Waals surface area contributed by atoms with Crippen molar-refractivity contribution in [2.75, 3.05) is 19.6 Å². The molecular weight excluding hydrogens is 172 g/mol. The maximum Gasteiger partial charge on any atom is 0.0687 e. The molecule has 0 saturated carbocycles. The zero-order chi connectivity index (χ0) is 10.6. The van der Waals surface area contributed by atoms with Crippen molar-refractivity contribution >= 4 is 0 Å². The van der Waals surface area contributed by atoms with E-state index in [0.29, 0.717) is 0 Å². The van der Waals surface area contributed by atoms with Crippen LogP contribution in [-0.4, -0.2) is 24.5 Å². The molecule has 1 saturated heterocycles. The molecule has 0 radical (unpaired) electrons. The second-order valence-electron chi connectivity index (χ2n) is 4.55. The summed E-state index contributed by atoms with van der Waals surface area (Å²) in [5.74, 6) is 0. The van der Waals surface area contributed by atoms with Gasteiger partial charge in [0.05, 0.1) is 11.5 Å². The SMILES string of the molecule is C=C(CC)CN1CCC(C)(C#N)CC1. The van der Waals surface area contributed by atoms with Gasteiger partial charge in [-0.15, -0.1) is 0 Å². The molecule has 1 aliphatic heterocycles. The molecule has 78 valence electrons. The predicted molar refractivity (Wildman–Crippen MR) is 58.8 cm³/mol. The number of rotatable bonds is 3. The van der Waals surface area contributed by atoms with Crippen molar-refractivity contribution in [1.29, 1.82) is 5.26 Å². The van der Waals surface area contributed by atoms with Gasteiger partial charge in [-0.3, -0.25) is 4.90 Å². The summed E-state index contributed by atoms with van der Waals surface area (Å²) in [6.07, 6.45) is 3.06.